The Balaban J connectivity index is 1.39. The number of amides is 1. The molecule has 3 aromatic rings. The van der Waals surface area contributed by atoms with Crippen molar-refractivity contribution in [2.75, 3.05) is 29.7 Å². The second kappa shape index (κ2) is 7.73. The molecule has 0 saturated carbocycles. The number of aromatic nitrogens is 4. The summed E-state index contributed by atoms with van der Waals surface area (Å²) in [4.78, 5) is 25.7. The number of nitrogens with one attached hydrogen (secondary N) is 1. The maximum atomic E-state index is 13.0. The van der Waals surface area contributed by atoms with Crippen LogP contribution in [0.2, 0.25) is 10.0 Å². The van der Waals surface area contributed by atoms with Crippen molar-refractivity contribution in [3.8, 4) is 0 Å². The molecule has 0 atom stereocenters. The van der Waals surface area contributed by atoms with Crippen molar-refractivity contribution in [3.63, 3.8) is 0 Å². The van der Waals surface area contributed by atoms with Crippen LogP contribution in [0.15, 0.2) is 35.5 Å². The summed E-state index contributed by atoms with van der Waals surface area (Å²) in [6.07, 6.45) is 1.53. The number of thioether (sulfide) groups is 1. The number of anilines is 3. The minimum Gasteiger partial charge on any atom is -0.307 e. The average molecular weight is 462 g/mol. The predicted octanol–water partition coefficient (Wildman–Crippen LogP) is 3.88. The lowest BCUT2D eigenvalue weighted by atomic mass is 10.2. The SMILES string of the molecule is CN1CCn2nc(Nc3ncc4c(n3)SCN(c3c(Cl)cccc3Cl)C4=O)cc2C1. The molecule has 0 radical (unpaired) electrons. The standard InChI is InChI=1S/C19H17Cl2N7OS/c1-26-5-6-28-11(9-26)7-15(25-28)23-19-22-8-12-17(24-19)30-10-27(18(12)29)16-13(20)3-2-4-14(16)21/h2-4,7-8H,5-6,9-10H2,1H3,(H,22,23,24,25). The van der Waals surface area contributed by atoms with Crippen LogP contribution < -0.4 is 10.2 Å². The molecule has 0 spiro atoms. The lowest BCUT2D eigenvalue weighted by Crippen LogP contribution is -2.35. The van der Waals surface area contributed by atoms with Gasteiger partial charge < -0.3 is 5.32 Å². The summed E-state index contributed by atoms with van der Waals surface area (Å²) in [5.41, 5.74) is 2.05. The number of benzene rings is 1. The lowest BCUT2D eigenvalue weighted by molar-refractivity contribution is 0.0985. The summed E-state index contributed by atoms with van der Waals surface area (Å²) in [6.45, 7) is 2.67. The molecule has 8 nitrogen and oxygen atoms in total. The van der Waals surface area contributed by atoms with Crippen molar-refractivity contribution >= 4 is 58.3 Å². The van der Waals surface area contributed by atoms with Gasteiger partial charge in [0.05, 0.1) is 39.4 Å². The first kappa shape index (κ1) is 19.6. The molecule has 2 aliphatic rings. The molecule has 0 bridgehead atoms. The molecular weight excluding hydrogens is 445 g/mol. The highest BCUT2D eigenvalue weighted by molar-refractivity contribution is 7.99. The van der Waals surface area contributed by atoms with Crippen LogP contribution in [0.4, 0.5) is 17.5 Å². The molecule has 30 heavy (non-hydrogen) atoms. The monoisotopic (exact) mass is 461 g/mol. The molecule has 2 aliphatic heterocycles. The molecule has 0 fully saturated rings. The lowest BCUT2D eigenvalue weighted by Gasteiger charge is -2.28. The number of para-hydroxylation sites is 1. The third-order valence-electron chi connectivity index (χ3n) is 5.00. The Hall–Kier alpha value is -2.33. The number of halogens is 2. The zero-order valence-electron chi connectivity index (χ0n) is 16.0. The van der Waals surface area contributed by atoms with Crippen LogP contribution >= 0.6 is 35.0 Å². The normalized spacial score (nSPS) is 16.4. The average Bonchev–Trinajstić information content (AvgIpc) is 3.10. The van der Waals surface area contributed by atoms with Gasteiger partial charge in [-0.2, -0.15) is 5.10 Å². The molecule has 154 valence electrons. The van der Waals surface area contributed by atoms with E-state index in [4.69, 9.17) is 23.2 Å². The molecule has 0 aliphatic carbocycles. The zero-order chi connectivity index (χ0) is 20.8. The van der Waals surface area contributed by atoms with E-state index in [1.165, 1.54) is 18.0 Å². The van der Waals surface area contributed by atoms with E-state index in [1.807, 2.05) is 10.7 Å². The maximum Gasteiger partial charge on any atom is 0.263 e. The topological polar surface area (TPSA) is 79.2 Å². The highest BCUT2D eigenvalue weighted by atomic mass is 35.5. The van der Waals surface area contributed by atoms with E-state index in [0.717, 1.165) is 25.3 Å². The first-order valence-electron chi connectivity index (χ1n) is 9.27. The van der Waals surface area contributed by atoms with Crippen LogP contribution in [0.25, 0.3) is 0 Å². The van der Waals surface area contributed by atoms with Crippen molar-refractivity contribution in [1.82, 2.24) is 24.6 Å². The Morgan fingerprint density at radius 2 is 2.00 bits per heavy atom. The number of hydrogen-bond donors (Lipinski definition) is 1. The van der Waals surface area contributed by atoms with Crippen molar-refractivity contribution in [3.05, 3.63) is 51.8 Å². The number of carbonyl (C=O) groups is 1. The minimum absolute atomic E-state index is 0.231. The number of hydrogen-bond acceptors (Lipinski definition) is 7. The molecule has 1 amide bonds. The molecule has 2 aromatic heterocycles. The summed E-state index contributed by atoms with van der Waals surface area (Å²) in [5.74, 6) is 1.22. The van der Waals surface area contributed by atoms with E-state index in [0.29, 0.717) is 44.0 Å². The highest BCUT2D eigenvalue weighted by Gasteiger charge is 2.30. The molecular formula is C19H17Cl2N7OS. The Labute approximate surface area is 187 Å². The number of rotatable bonds is 3. The fraction of sp³-hybridized carbons (Fsp3) is 0.263. The Morgan fingerprint density at radius 1 is 1.20 bits per heavy atom. The first-order chi connectivity index (χ1) is 14.5. The molecule has 0 saturated heterocycles. The number of fused-ring (bicyclic) bond motifs is 2. The van der Waals surface area contributed by atoms with Gasteiger partial charge in [0.25, 0.3) is 5.91 Å². The quantitative estimate of drug-likeness (QED) is 0.592. The van der Waals surface area contributed by atoms with Crippen LogP contribution in [0, 0.1) is 0 Å². The summed E-state index contributed by atoms with van der Waals surface area (Å²) in [5, 5.41) is 9.18. The minimum atomic E-state index is -0.231. The van der Waals surface area contributed by atoms with Crippen molar-refractivity contribution in [2.45, 2.75) is 18.1 Å². The summed E-state index contributed by atoms with van der Waals surface area (Å²) in [6, 6.07) is 7.17. The van der Waals surface area contributed by atoms with E-state index < -0.39 is 0 Å². The summed E-state index contributed by atoms with van der Waals surface area (Å²) < 4.78 is 1.99. The van der Waals surface area contributed by atoms with Gasteiger partial charge in [-0.15, -0.1) is 0 Å². The van der Waals surface area contributed by atoms with Crippen molar-refractivity contribution in [1.29, 1.82) is 0 Å². The van der Waals surface area contributed by atoms with Gasteiger partial charge in [0.15, 0.2) is 5.82 Å². The van der Waals surface area contributed by atoms with Gasteiger partial charge in [0, 0.05) is 25.4 Å². The third-order valence-corrected chi connectivity index (χ3v) is 6.58. The van der Waals surface area contributed by atoms with Crippen LogP contribution in [-0.4, -0.2) is 50.0 Å². The zero-order valence-corrected chi connectivity index (χ0v) is 18.3. The van der Waals surface area contributed by atoms with Crippen molar-refractivity contribution in [2.24, 2.45) is 0 Å². The smallest absolute Gasteiger partial charge is 0.263 e. The van der Waals surface area contributed by atoms with E-state index >= 15 is 0 Å². The van der Waals surface area contributed by atoms with Gasteiger partial charge in [0.2, 0.25) is 5.95 Å². The van der Waals surface area contributed by atoms with Crippen molar-refractivity contribution < 1.29 is 4.79 Å². The third kappa shape index (κ3) is 3.51. The maximum absolute atomic E-state index is 13.0. The van der Waals surface area contributed by atoms with Gasteiger partial charge in [0.1, 0.15) is 5.03 Å². The molecule has 1 aromatic carbocycles. The van der Waals surface area contributed by atoms with Gasteiger partial charge in [-0.1, -0.05) is 41.0 Å². The Morgan fingerprint density at radius 3 is 2.80 bits per heavy atom. The molecule has 5 rings (SSSR count). The molecule has 11 heteroatoms. The fourth-order valence-corrected chi connectivity index (χ4v) is 5.04. The number of carbonyl (C=O) groups excluding carboxylic acids is 1. The summed E-state index contributed by atoms with van der Waals surface area (Å²) in [7, 11) is 2.09. The summed E-state index contributed by atoms with van der Waals surface area (Å²) >= 11 is 14.0. The van der Waals surface area contributed by atoms with E-state index in [9.17, 15) is 4.79 Å². The molecule has 4 heterocycles. The second-order valence-electron chi connectivity index (χ2n) is 7.10. The van der Waals surface area contributed by atoms with Gasteiger partial charge >= 0.3 is 0 Å². The first-order valence-corrected chi connectivity index (χ1v) is 11.0. The van der Waals surface area contributed by atoms with Crippen LogP contribution in [0.1, 0.15) is 16.1 Å². The fourth-order valence-electron chi connectivity index (χ4n) is 3.50. The Kier molecular flexibility index (Phi) is 5.06. The largest absolute Gasteiger partial charge is 0.307 e. The van der Waals surface area contributed by atoms with Crippen LogP contribution in [-0.2, 0) is 13.1 Å². The van der Waals surface area contributed by atoms with E-state index in [2.05, 4.69) is 32.3 Å². The predicted molar refractivity (Wildman–Crippen MR) is 118 cm³/mol. The molecule has 0 unspecified atom stereocenters. The van der Waals surface area contributed by atoms with E-state index in [-0.39, 0.29) is 5.91 Å². The van der Waals surface area contributed by atoms with E-state index in [1.54, 1.807) is 23.1 Å². The van der Waals surface area contributed by atoms with Gasteiger partial charge in [-0.25, -0.2) is 9.97 Å². The van der Waals surface area contributed by atoms with Gasteiger partial charge in [-0.05, 0) is 19.2 Å². The Bertz CT molecular complexity index is 1130. The number of likely N-dealkylation sites (N-methyl/N-ethyl adjacent to an activating group) is 1. The van der Waals surface area contributed by atoms with Gasteiger partial charge in [-0.3, -0.25) is 19.3 Å². The number of nitrogens with zero attached hydrogens (tertiary/aromatic N) is 6. The molecule has 1 N–H and O–H groups in total. The second-order valence-corrected chi connectivity index (χ2v) is 8.84. The highest BCUT2D eigenvalue weighted by Crippen LogP contribution is 2.39. The van der Waals surface area contributed by atoms with Crippen LogP contribution in [0.5, 0.6) is 0 Å². The van der Waals surface area contributed by atoms with Crippen LogP contribution in [0.3, 0.4) is 0 Å².